The number of hydrogen-bond acceptors (Lipinski definition) is 5. The van der Waals surface area contributed by atoms with E-state index in [9.17, 15) is 9.59 Å². The summed E-state index contributed by atoms with van der Waals surface area (Å²) in [6.07, 6.45) is 1.42. The first-order valence-corrected chi connectivity index (χ1v) is 8.98. The zero-order valence-corrected chi connectivity index (χ0v) is 15.9. The van der Waals surface area contributed by atoms with E-state index >= 15 is 0 Å². The molecule has 1 heterocycles. The van der Waals surface area contributed by atoms with E-state index in [4.69, 9.17) is 21.1 Å². The molecule has 0 aromatic heterocycles. The van der Waals surface area contributed by atoms with Crippen LogP contribution in [0.15, 0.2) is 18.2 Å². The van der Waals surface area contributed by atoms with Crippen LogP contribution in [0.3, 0.4) is 0 Å². The number of anilines is 1. The van der Waals surface area contributed by atoms with Crippen LogP contribution < -0.4 is 16.0 Å². The Bertz CT molecular complexity index is 627. The molecule has 1 aliphatic rings. The summed E-state index contributed by atoms with van der Waals surface area (Å²) in [6.45, 7) is 2.75. The third-order valence-corrected chi connectivity index (χ3v) is 4.84. The Hall–Kier alpha value is -1.67. The standard InChI is InChI=1S/C18H26ClN3O4/c1-25-10-9-21-16(23)14-4-3-13(11-15(14)19)22-17(24)18(12-26-2)5-7-20-8-6-18/h3-4,11,20H,5-10,12H2,1-2H3,(H,21,23)(H,22,24). The average Bonchev–Trinajstić information content (AvgIpc) is 2.63. The number of ether oxygens (including phenoxy) is 2. The first kappa shape index (κ1) is 20.6. The molecule has 1 aromatic carbocycles. The highest BCUT2D eigenvalue weighted by Crippen LogP contribution is 2.31. The first-order chi connectivity index (χ1) is 12.5. The van der Waals surface area contributed by atoms with E-state index in [1.807, 2.05) is 0 Å². The van der Waals surface area contributed by atoms with E-state index in [-0.39, 0.29) is 16.8 Å². The predicted molar refractivity (Wildman–Crippen MR) is 101 cm³/mol. The molecular weight excluding hydrogens is 358 g/mol. The number of hydrogen-bond donors (Lipinski definition) is 3. The zero-order chi connectivity index (χ0) is 19.0. The van der Waals surface area contributed by atoms with Crippen molar-refractivity contribution in [2.75, 3.05) is 52.4 Å². The van der Waals surface area contributed by atoms with Gasteiger partial charge in [0, 0.05) is 26.5 Å². The molecule has 0 bridgehead atoms. The summed E-state index contributed by atoms with van der Waals surface area (Å²) in [6, 6.07) is 4.87. The number of carbonyl (C=O) groups is 2. The van der Waals surface area contributed by atoms with Crippen LogP contribution in [0, 0.1) is 5.41 Å². The Morgan fingerprint density at radius 2 is 1.96 bits per heavy atom. The highest BCUT2D eigenvalue weighted by Gasteiger charge is 2.39. The van der Waals surface area contributed by atoms with Crippen LogP contribution in [0.2, 0.25) is 5.02 Å². The molecule has 144 valence electrons. The lowest BCUT2D eigenvalue weighted by Gasteiger charge is -2.35. The van der Waals surface area contributed by atoms with Gasteiger partial charge in [-0.15, -0.1) is 0 Å². The molecule has 1 aromatic rings. The molecule has 8 heteroatoms. The normalized spacial score (nSPS) is 16.1. The van der Waals surface area contributed by atoms with Crippen molar-refractivity contribution in [3.05, 3.63) is 28.8 Å². The zero-order valence-electron chi connectivity index (χ0n) is 15.2. The van der Waals surface area contributed by atoms with Crippen molar-refractivity contribution in [3.63, 3.8) is 0 Å². The smallest absolute Gasteiger partial charge is 0.252 e. The number of methoxy groups -OCH3 is 2. The van der Waals surface area contributed by atoms with Crippen molar-refractivity contribution in [3.8, 4) is 0 Å². The molecule has 0 aliphatic carbocycles. The lowest BCUT2D eigenvalue weighted by atomic mass is 9.78. The van der Waals surface area contributed by atoms with E-state index in [0.29, 0.717) is 43.9 Å². The van der Waals surface area contributed by atoms with Gasteiger partial charge in [-0.1, -0.05) is 11.6 Å². The molecular formula is C18H26ClN3O4. The van der Waals surface area contributed by atoms with Crippen molar-refractivity contribution >= 4 is 29.1 Å². The minimum atomic E-state index is -0.553. The largest absolute Gasteiger partial charge is 0.384 e. The van der Waals surface area contributed by atoms with Gasteiger partial charge in [0.2, 0.25) is 5.91 Å². The van der Waals surface area contributed by atoms with Gasteiger partial charge in [0.25, 0.3) is 5.91 Å². The quantitative estimate of drug-likeness (QED) is 0.594. The number of halogens is 1. The molecule has 26 heavy (non-hydrogen) atoms. The van der Waals surface area contributed by atoms with Crippen molar-refractivity contribution in [2.24, 2.45) is 5.41 Å². The lowest BCUT2D eigenvalue weighted by Crippen LogP contribution is -2.47. The second kappa shape index (κ2) is 9.87. The second-order valence-corrected chi connectivity index (χ2v) is 6.77. The first-order valence-electron chi connectivity index (χ1n) is 8.60. The number of rotatable bonds is 8. The third kappa shape index (κ3) is 5.17. The van der Waals surface area contributed by atoms with E-state index in [2.05, 4.69) is 16.0 Å². The van der Waals surface area contributed by atoms with Crippen LogP contribution in [0.5, 0.6) is 0 Å². The Morgan fingerprint density at radius 3 is 2.58 bits per heavy atom. The van der Waals surface area contributed by atoms with Crippen LogP contribution in [0.25, 0.3) is 0 Å². The summed E-state index contributed by atoms with van der Waals surface area (Å²) >= 11 is 6.22. The van der Waals surface area contributed by atoms with Crippen LogP contribution in [0.1, 0.15) is 23.2 Å². The van der Waals surface area contributed by atoms with Crippen LogP contribution >= 0.6 is 11.6 Å². The molecule has 0 spiro atoms. The molecule has 0 unspecified atom stereocenters. The summed E-state index contributed by atoms with van der Waals surface area (Å²) in [5.74, 6) is -0.367. The minimum absolute atomic E-state index is 0.0887. The molecule has 0 radical (unpaired) electrons. The topological polar surface area (TPSA) is 88.7 Å². The molecule has 1 fully saturated rings. The van der Waals surface area contributed by atoms with Gasteiger partial charge in [0.15, 0.2) is 0 Å². The van der Waals surface area contributed by atoms with Crippen molar-refractivity contribution < 1.29 is 19.1 Å². The van der Waals surface area contributed by atoms with E-state index in [1.165, 1.54) is 0 Å². The summed E-state index contributed by atoms with van der Waals surface area (Å²) in [7, 11) is 3.17. The number of benzene rings is 1. The molecule has 2 amide bonds. The number of nitrogens with one attached hydrogen (secondary N) is 3. The molecule has 1 saturated heterocycles. The van der Waals surface area contributed by atoms with Gasteiger partial charge < -0.3 is 25.4 Å². The van der Waals surface area contributed by atoms with Gasteiger partial charge >= 0.3 is 0 Å². The molecule has 7 nitrogen and oxygen atoms in total. The predicted octanol–water partition coefficient (Wildman–Crippen LogP) is 1.67. The number of piperidine rings is 1. The van der Waals surface area contributed by atoms with Gasteiger partial charge in [-0.05, 0) is 44.1 Å². The fourth-order valence-electron chi connectivity index (χ4n) is 3.02. The maximum Gasteiger partial charge on any atom is 0.252 e. The molecule has 0 saturated carbocycles. The summed E-state index contributed by atoms with van der Waals surface area (Å²) in [4.78, 5) is 24.9. The number of amides is 2. The average molecular weight is 384 g/mol. The summed E-state index contributed by atoms with van der Waals surface area (Å²) in [5.41, 5.74) is 0.361. The van der Waals surface area contributed by atoms with Crippen molar-refractivity contribution in [1.29, 1.82) is 0 Å². The fourth-order valence-corrected chi connectivity index (χ4v) is 3.29. The summed E-state index contributed by atoms with van der Waals surface area (Å²) in [5, 5.41) is 9.17. The third-order valence-electron chi connectivity index (χ3n) is 4.53. The molecule has 3 N–H and O–H groups in total. The Morgan fingerprint density at radius 1 is 1.23 bits per heavy atom. The highest BCUT2D eigenvalue weighted by molar-refractivity contribution is 6.34. The van der Waals surface area contributed by atoms with E-state index in [1.54, 1.807) is 32.4 Å². The van der Waals surface area contributed by atoms with E-state index in [0.717, 1.165) is 13.1 Å². The minimum Gasteiger partial charge on any atom is -0.384 e. The summed E-state index contributed by atoms with van der Waals surface area (Å²) < 4.78 is 10.2. The number of carbonyl (C=O) groups excluding carboxylic acids is 2. The highest BCUT2D eigenvalue weighted by atomic mass is 35.5. The van der Waals surface area contributed by atoms with Crippen LogP contribution in [-0.2, 0) is 14.3 Å². The maximum atomic E-state index is 12.8. The maximum absolute atomic E-state index is 12.8. The van der Waals surface area contributed by atoms with E-state index < -0.39 is 5.41 Å². The SMILES string of the molecule is COCCNC(=O)c1ccc(NC(=O)C2(COC)CCNCC2)cc1Cl. The molecule has 1 aliphatic heterocycles. The molecule has 2 rings (SSSR count). The van der Waals surface area contributed by atoms with Crippen molar-refractivity contribution in [2.45, 2.75) is 12.8 Å². The van der Waals surface area contributed by atoms with Gasteiger partial charge in [0.05, 0.1) is 29.2 Å². The Labute approximate surface area is 158 Å². The molecule has 0 atom stereocenters. The van der Waals surface area contributed by atoms with Crippen LogP contribution in [0.4, 0.5) is 5.69 Å². The van der Waals surface area contributed by atoms with Crippen molar-refractivity contribution in [1.82, 2.24) is 10.6 Å². The fraction of sp³-hybridized carbons (Fsp3) is 0.556. The monoisotopic (exact) mass is 383 g/mol. The van der Waals surface area contributed by atoms with Gasteiger partial charge in [-0.2, -0.15) is 0 Å². The van der Waals surface area contributed by atoms with Gasteiger partial charge in [0.1, 0.15) is 0 Å². The van der Waals surface area contributed by atoms with Gasteiger partial charge in [-0.3, -0.25) is 9.59 Å². The Balaban J connectivity index is 2.06. The Kier molecular flexibility index (Phi) is 7.84. The lowest BCUT2D eigenvalue weighted by molar-refractivity contribution is -0.130. The second-order valence-electron chi connectivity index (χ2n) is 6.36. The van der Waals surface area contributed by atoms with Gasteiger partial charge in [-0.25, -0.2) is 0 Å². The van der Waals surface area contributed by atoms with Crippen LogP contribution in [-0.4, -0.2) is 58.9 Å².